The largest absolute Gasteiger partial charge is 0.309 e. The van der Waals surface area contributed by atoms with Crippen molar-refractivity contribution in [3.8, 4) is 0 Å². The van der Waals surface area contributed by atoms with Gasteiger partial charge >= 0.3 is 0 Å². The van der Waals surface area contributed by atoms with Crippen LogP contribution < -0.4 is 5.32 Å². The first-order valence-electron chi connectivity index (χ1n) is 7.41. The Labute approximate surface area is 145 Å². The van der Waals surface area contributed by atoms with E-state index in [-0.39, 0.29) is 6.04 Å². The maximum Gasteiger partial charge on any atom is 0.0585 e. The minimum Gasteiger partial charge on any atom is -0.309 e. The number of rotatable bonds is 4. The molecular weight excluding hydrogens is 393 g/mol. The highest BCUT2D eigenvalue weighted by Gasteiger charge is 2.20. The molecule has 1 fully saturated rings. The summed E-state index contributed by atoms with van der Waals surface area (Å²) in [5.41, 5.74) is 4.02. The van der Waals surface area contributed by atoms with Crippen molar-refractivity contribution in [2.75, 3.05) is 7.05 Å². The van der Waals surface area contributed by atoms with Gasteiger partial charge in [-0.3, -0.25) is 0 Å². The fraction of sp³-hybridized carbons (Fsp3) is 0.333. The molecule has 1 saturated carbocycles. The molecule has 0 amide bonds. The second-order valence-corrected chi connectivity index (χ2v) is 7.28. The van der Waals surface area contributed by atoms with Crippen LogP contribution in [0.1, 0.15) is 47.9 Å². The summed E-state index contributed by atoms with van der Waals surface area (Å²) >= 11 is 8.54. The first kappa shape index (κ1) is 15.3. The van der Waals surface area contributed by atoms with E-state index in [0.29, 0.717) is 0 Å². The molecule has 1 atom stereocenters. The lowest BCUT2D eigenvalue weighted by Gasteiger charge is -2.26. The van der Waals surface area contributed by atoms with Crippen molar-refractivity contribution in [3.63, 3.8) is 0 Å². The summed E-state index contributed by atoms with van der Waals surface area (Å²) in [7, 11) is 2.00. The van der Waals surface area contributed by atoms with Crippen LogP contribution in [0.3, 0.4) is 0 Å². The molecular formula is C18H19ClIN. The number of hydrogen-bond donors (Lipinski definition) is 1. The van der Waals surface area contributed by atoms with Crippen LogP contribution in [0.2, 0.25) is 5.02 Å². The third kappa shape index (κ3) is 3.27. The minimum atomic E-state index is 0.186. The topological polar surface area (TPSA) is 12.0 Å². The van der Waals surface area contributed by atoms with Crippen molar-refractivity contribution < 1.29 is 0 Å². The first-order valence-corrected chi connectivity index (χ1v) is 8.87. The first-order chi connectivity index (χ1) is 10.2. The standard InChI is InChI=1S/C18H19ClIN/c1-21-18(16-11-15(19)9-10-17(16)20)14-7-5-13(6-8-14)12-3-2-4-12/h5-12,18,21H,2-4H2,1H3. The SMILES string of the molecule is CNC(c1ccc(C2CCC2)cc1)c1cc(Cl)ccc1I. The highest BCUT2D eigenvalue weighted by atomic mass is 127. The molecule has 0 spiro atoms. The molecule has 1 N–H and O–H groups in total. The third-order valence-electron chi connectivity index (χ3n) is 4.40. The van der Waals surface area contributed by atoms with Crippen molar-refractivity contribution in [1.29, 1.82) is 0 Å². The summed E-state index contributed by atoms with van der Waals surface area (Å²) in [6, 6.07) is 15.4. The second kappa shape index (κ2) is 6.67. The molecule has 0 aromatic heterocycles. The van der Waals surface area contributed by atoms with Crippen molar-refractivity contribution in [3.05, 3.63) is 67.7 Å². The molecule has 1 aliphatic carbocycles. The fourth-order valence-corrected chi connectivity index (χ4v) is 3.77. The molecule has 110 valence electrons. The fourth-order valence-electron chi connectivity index (χ4n) is 2.94. The molecule has 2 aromatic carbocycles. The van der Waals surface area contributed by atoms with Crippen molar-refractivity contribution in [1.82, 2.24) is 5.32 Å². The Hall–Kier alpha value is -0.580. The maximum atomic E-state index is 6.17. The van der Waals surface area contributed by atoms with Crippen molar-refractivity contribution in [2.24, 2.45) is 0 Å². The molecule has 3 heteroatoms. The summed E-state index contributed by atoms with van der Waals surface area (Å²) in [5.74, 6) is 0.790. The molecule has 2 aromatic rings. The monoisotopic (exact) mass is 411 g/mol. The minimum absolute atomic E-state index is 0.186. The summed E-state index contributed by atoms with van der Waals surface area (Å²) in [6.07, 6.45) is 4.08. The molecule has 0 aliphatic heterocycles. The average molecular weight is 412 g/mol. The van der Waals surface area contributed by atoms with E-state index in [2.05, 4.69) is 64.3 Å². The van der Waals surface area contributed by atoms with E-state index in [4.69, 9.17) is 11.6 Å². The average Bonchev–Trinajstić information content (AvgIpc) is 2.43. The molecule has 0 bridgehead atoms. The van der Waals surface area contributed by atoms with Crippen LogP contribution in [-0.4, -0.2) is 7.05 Å². The molecule has 0 saturated heterocycles. The predicted octanol–water partition coefficient (Wildman–Crippen LogP) is 5.52. The van der Waals surface area contributed by atoms with Crippen molar-refractivity contribution >= 4 is 34.2 Å². The van der Waals surface area contributed by atoms with Gasteiger partial charge in [-0.2, -0.15) is 0 Å². The Morgan fingerprint density at radius 3 is 2.43 bits per heavy atom. The van der Waals surface area contributed by atoms with Gasteiger partial charge in [0, 0.05) is 8.59 Å². The Kier molecular flexibility index (Phi) is 4.87. The lowest BCUT2D eigenvalue weighted by atomic mass is 9.79. The zero-order valence-corrected chi connectivity index (χ0v) is 15.0. The summed E-state index contributed by atoms with van der Waals surface area (Å²) < 4.78 is 1.24. The normalized spacial score (nSPS) is 16.5. The Bertz CT molecular complexity index is 620. The van der Waals surface area contributed by atoms with Gasteiger partial charge in [0.05, 0.1) is 6.04 Å². The summed E-state index contributed by atoms with van der Waals surface area (Å²) in [4.78, 5) is 0. The van der Waals surface area contributed by atoms with Crippen LogP contribution in [0.5, 0.6) is 0 Å². The number of hydrogen-bond acceptors (Lipinski definition) is 1. The van der Waals surface area contributed by atoms with E-state index < -0.39 is 0 Å². The molecule has 21 heavy (non-hydrogen) atoms. The zero-order valence-electron chi connectivity index (χ0n) is 12.1. The van der Waals surface area contributed by atoms with E-state index in [1.54, 1.807) is 0 Å². The van der Waals surface area contributed by atoms with Gasteiger partial charge in [-0.05, 0) is 83.3 Å². The van der Waals surface area contributed by atoms with E-state index in [0.717, 1.165) is 10.9 Å². The zero-order chi connectivity index (χ0) is 14.8. The van der Waals surface area contributed by atoms with Crippen LogP contribution in [0.4, 0.5) is 0 Å². The van der Waals surface area contributed by atoms with E-state index >= 15 is 0 Å². The van der Waals surface area contributed by atoms with Crippen LogP contribution >= 0.6 is 34.2 Å². The molecule has 0 heterocycles. The molecule has 1 aliphatic rings. The van der Waals surface area contributed by atoms with Crippen molar-refractivity contribution in [2.45, 2.75) is 31.2 Å². The molecule has 1 unspecified atom stereocenters. The van der Waals surface area contributed by atoms with Gasteiger partial charge < -0.3 is 5.32 Å². The van der Waals surface area contributed by atoms with Gasteiger partial charge in [0.15, 0.2) is 0 Å². The second-order valence-electron chi connectivity index (χ2n) is 5.68. The molecule has 0 radical (unpaired) electrons. The molecule has 3 rings (SSSR count). The number of halogens is 2. The summed E-state index contributed by atoms with van der Waals surface area (Å²) in [6.45, 7) is 0. The van der Waals surface area contributed by atoms with Gasteiger partial charge in [0.2, 0.25) is 0 Å². The van der Waals surface area contributed by atoms with E-state index in [9.17, 15) is 0 Å². The Morgan fingerprint density at radius 2 is 1.86 bits per heavy atom. The lowest BCUT2D eigenvalue weighted by Crippen LogP contribution is -2.19. The smallest absolute Gasteiger partial charge is 0.0585 e. The third-order valence-corrected chi connectivity index (χ3v) is 5.62. The van der Waals surface area contributed by atoms with Gasteiger partial charge in [-0.1, -0.05) is 42.3 Å². The van der Waals surface area contributed by atoms with E-state index in [1.807, 2.05) is 13.1 Å². The predicted molar refractivity (Wildman–Crippen MR) is 98.1 cm³/mol. The van der Waals surface area contributed by atoms with Gasteiger partial charge in [-0.25, -0.2) is 0 Å². The lowest BCUT2D eigenvalue weighted by molar-refractivity contribution is 0.419. The summed E-state index contributed by atoms with van der Waals surface area (Å²) in [5, 5.41) is 4.20. The van der Waals surface area contributed by atoms with Crippen LogP contribution in [0.25, 0.3) is 0 Å². The number of benzene rings is 2. The number of nitrogens with one attached hydrogen (secondary N) is 1. The van der Waals surface area contributed by atoms with Crippen LogP contribution in [-0.2, 0) is 0 Å². The van der Waals surface area contributed by atoms with Gasteiger partial charge in [0.25, 0.3) is 0 Å². The maximum absolute atomic E-state index is 6.17. The molecule has 1 nitrogen and oxygen atoms in total. The Balaban J connectivity index is 1.90. The quantitative estimate of drug-likeness (QED) is 0.653. The van der Waals surface area contributed by atoms with Crippen LogP contribution in [0.15, 0.2) is 42.5 Å². The highest BCUT2D eigenvalue weighted by Crippen LogP contribution is 2.37. The highest BCUT2D eigenvalue weighted by molar-refractivity contribution is 14.1. The Morgan fingerprint density at radius 1 is 1.14 bits per heavy atom. The van der Waals surface area contributed by atoms with Gasteiger partial charge in [-0.15, -0.1) is 0 Å². The van der Waals surface area contributed by atoms with Crippen LogP contribution in [0, 0.1) is 3.57 Å². The van der Waals surface area contributed by atoms with Gasteiger partial charge in [0.1, 0.15) is 0 Å². The van der Waals surface area contributed by atoms with E-state index in [1.165, 1.54) is 39.5 Å².